The van der Waals surface area contributed by atoms with Gasteiger partial charge >= 0.3 is 0 Å². The summed E-state index contributed by atoms with van der Waals surface area (Å²) >= 11 is 0. The van der Waals surface area contributed by atoms with Crippen molar-refractivity contribution in [2.45, 2.75) is 26.3 Å². The molecule has 1 heterocycles. The Labute approximate surface area is 99.8 Å². The van der Waals surface area contributed by atoms with Crippen molar-refractivity contribution in [3.8, 4) is 0 Å². The Bertz CT molecular complexity index is 542. The first-order chi connectivity index (χ1) is 8.24. The Balaban J connectivity index is 1.80. The van der Waals surface area contributed by atoms with E-state index in [0.29, 0.717) is 0 Å². The molecule has 1 aromatic heterocycles. The van der Waals surface area contributed by atoms with E-state index in [1.54, 1.807) is 12.1 Å². The minimum absolute atomic E-state index is 0.209. The molecule has 17 heavy (non-hydrogen) atoms. The van der Waals surface area contributed by atoms with Crippen molar-refractivity contribution in [1.82, 2.24) is 5.32 Å². The van der Waals surface area contributed by atoms with Gasteiger partial charge in [-0.05, 0) is 56.0 Å². The van der Waals surface area contributed by atoms with Gasteiger partial charge in [0.05, 0.1) is 6.54 Å². The maximum atomic E-state index is 13.1. The number of hydrogen-bond acceptors (Lipinski definition) is 2. The van der Waals surface area contributed by atoms with E-state index < -0.39 is 0 Å². The molecule has 2 nitrogen and oxygen atoms in total. The second-order valence-electron chi connectivity index (χ2n) is 4.86. The number of nitrogens with one attached hydrogen (secondary N) is 1. The lowest BCUT2D eigenvalue weighted by Gasteiger charge is -2.01. The zero-order chi connectivity index (χ0) is 11.8. The van der Waals surface area contributed by atoms with E-state index in [1.165, 1.54) is 18.9 Å². The van der Waals surface area contributed by atoms with Gasteiger partial charge in [-0.3, -0.25) is 0 Å². The third-order valence-electron chi connectivity index (χ3n) is 3.41. The number of hydrogen-bond donors (Lipinski definition) is 1. The largest absolute Gasteiger partial charge is 0.459 e. The second kappa shape index (κ2) is 4.15. The van der Waals surface area contributed by atoms with Crippen molar-refractivity contribution in [2.24, 2.45) is 5.92 Å². The van der Waals surface area contributed by atoms with Crippen molar-refractivity contribution >= 4 is 11.0 Å². The summed E-state index contributed by atoms with van der Waals surface area (Å²) in [6.07, 6.45) is 2.69. The monoisotopic (exact) mass is 233 g/mol. The van der Waals surface area contributed by atoms with E-state index in [0.717, 1.165) is 41.3 Å². The molecule has 0 aliphatic heterocycles. The Morgan fingerprint density at radius 2 is 2.24 bits per heavy atom. The third kappa shape index (κ3) is 2.20. The maximum absolute atomic E-state index is 13.1. The van der Waals surface area contributed by atoms with Gasteiger partial charge in [0, 0.05) is 5.39 Å². The highest BCUT2D eigenvalue weighted by atomic mass is 19.1. The molecule has 1 aromatic carbocycles. The van der Waals surface area contributed by atoms with E-state index in [9.17, 15) is 4.39 Å². The van der Waals surface area contributed by atoms with Crippen molar-refractivity contribution in [2.75, 3.05) is 6.54 Å². The van der Waals surface area contributed by atoms with Crippen LogP contribution in [0.25, 0.3) is 11.0 Å². The molecule has 3 rings (SSSR count). The fourth-order valence-corrected chi connectivity index (χ4v) is 2.12. The highest BCUT2D eigenvalue weighted by Gasteiger charge is 2.20. The van der Waals surface area contributed by atoms with Crippen LogP contribution in [0.3, 0.4) is 0 Å². The Morgan fingerprint density at radius 1 is 1.41 bits per heavy atom. The van der Waals surface area contributed by atoms with Crippen LogP contribution in [0, 0.1) is 18.7 Å². The summed E-state index contributed by atoms with van der Waals surface area (Å²) < 4.78 is 18.9. The molecule has 0 atom stereocenters. The van der Waals surface area contributed by atoms with Gasteiger partial charge in [0.2, 0.25) is 0 Å². The molecule has 2 aromatic rings. The molecular weight excluding hydrogens is 217 g/mol. The first-order valence-electron chi connectivity index (χ1n) is 6.12. The molecular formula is C14H16FNO. The lowest BCUT2D eigenvalue weighted by atomic mass is 10.1. The fraction of sp³-hybridized carbons (Fsp3) is 0.429. The summed E-state index contributed by atoms with van der Waals surface area (Å²) in [5.74, 6) is 1.57. The van der Waals surface area contributed by atoms with E-state index >= 15 is 0 Å². The number of aryl methyl sites for hydroxylation is 1. The van der Waals surface area contributed by atoms with Crippen molar-refractivity contribution in [3.63, 3.8) is 0 Å². The lowest BCUT2D eigenvalue weighted by Crippen LogP contribution is -2.16. The molecule has 1 fully saturated rings. The zero-order valence-electron chi connectivity index (χ0n) is 9.92. The van der Waals surface area contributed by atoms with Crippen molar-refractivity contribution < 1.29 is 8.81 Å². The summed E-state index contributed by atoms with van der Waals surface area (Å²) in [6.45, 7) is 3.78. The number of furan rings is 1. The molecule has 1 aliphatic rings. The Morgan fingerprint density at radius 3 is 3.00 bits per heavy atom. The van der Waals surface area contributed by atoms with E-state index in [-0.39, 0.29) is 5.82 Å². The van der Waals surface area contributed by atoms with Crippen LogP contribution in [-0.4, -0.2) is 6.54 Å². The molecule has 0 unspecified atom stereocenters. The molecule has 0 saturated heterocycles. The minimum Gasteiger partial charge on any atom is -0.459 e. The van der Waals surface area contributed by atoms with Crippen LogP contribution in [-0.2, 0) is 6.54 Å². The predicted molar refractivity (Wildman–Crippen MR) is 65.3 cm³/mol. The molecule has 0 spiro atoms. The van der Waals surface area contributed by atoms with Gasteiger partial charge in [0.25, 0.3) is 0 Å². The van der Waals surface area contributed by atoms with Crippen molar-refractivity contribution in [1.29, 1.82) is 0 Å². The molecule has 1 saturated carbocycles. The van der Waals surface area contributed by atoms with Gasteiger partial charge in [-0.15, -0.1) is 0 Å². The number of halogens is 1. The molecule has 3 heteroatoms. The van der Waals surface area contributed by atoms with Crippen LogP contribution in [0.5, 0.6) is 0 Å². The van der Waals surface area contributed by atoms with Crippen LogP contribution in [0.2, 0.25) is 0 Å². The fourth-order valence-electron chi connectivity index (χ4n) is 2.12. The first kappa shape index (κ1) is 10.8. The average Bonchev–Trinajstić information content (AvgIpc) is 3.08. The SMILES string of the molecule is Cc1c(CNCC2CC2)oc2ccc(F)cc12. The summed E-state index contributed by atoms with van der Waals surface area (Å²) in [6, 6.07) is 4.67. The number of fused-ring (bicyclic) bond motifs is 1. The van der Waals surface area contributed by atoms with Gasteiger partial charge in [0.15, 0.2) is 0 Å². The average molecular weight is 233 g/mol. The molecule has 90 valence electrons. The predicted octanol–water partition coefficient (Wildman–Crippen LogP) is 3.38. The van der Waals surface area contributed by atoms with Gasteiger partial charge in [-0.2, -0.15) is 0 Å². The summed E-state index contributed by atoms with van der Waals surface area (Å²) in [5.41, 5.74) is 1.81. The van der Waals surface area contributed by atoms with Crippen LogP contribution < -0.4 is 5.32 Å². The molecule has 1 N–H and O–H groups in total. The normalized spacial score (nSPS) is 15.6. The van der Waals surface area contributed by atoms with Crippen LogP contribution >= 0.6 is 0 Å². The molecule has 1 aliphatic carbocycles. The highest BCUT2D eigenvalue weighted by molar-refractivity contribution is 5.82. The van der Waals surface area contributed by atoms with Crippen LogP contribution in [0.4, 0.5) is 4.39 Å². The second-order valence-corrected chi connectivity index (χ2v) is 4.86. The third-order valence-corrected chi connectivity index (χ3v) is 3.41. The summed E-state index contributed by atoms with van der Waals surface area (Å²) in [4.78, 5) is 0. The molecule has 0 amide bonds. The van der Waals surface area contributed by atoms with E-state index in [4.69, 9.17) is 4.42 Å². The molecule has 0 radical (unpaired) electrons. The highest BCUT2D eigenvalue weighted by Crippen LogP contribution is 2.28. The van der Waals surface area contributed by atoms with E-state index in [1.807, 2.05) is 6.92 Å². The van der Waals surface area contributed by atoms with Gasteiger partial charge in [-0.1, -0.05) is 0 Å². The van der Waals surface area contributed by atoms with Gasteiger partial charge < -0.3 is 9.73 Å². The van der Waals surface area contributed by atoms with Crippen LogP contribution in [0.1, 0.15) is 24.2 Å². The Kier molecular flexibility index (Phi) is 2.63. The molecule has 0 bridgehead atoms. The lowest BCUT2D eigenvalue weighted by molar-refractivity contribution is 0.503. The Hall–Kier alpha value is -1.35. The minimum atomic E-state index is -0.209. The van der Waals surface area contributed by atoms with Gasteiger partial charge in [-0.25, -0.2) is 4.39 Å². The standard InChI is InChI=1S/C14H16FNO/c1-9-12-6-11(15)4-5-13(12)17-14(9)8-16-7-10-2-3-10/h4-6,10,16H,2-3,7-8H2,1H3. The van der Waals surface area contributed by atoms with E-state index in [2.05, 4.69) is 5.32 Å². The van der Waals surface area contributed by atoms with Gasteiger partial charge in [0.1, 0.15) is 17.2 Å². The number of benzene rings is 1. The summed E-state index contributed by atoms with van der Waals surface area (Å²) in [5, 5.41) is 4.28. The first-order valence-corrected chi connectivity index (χ1v) is 6.12. The number of rotatable bonds is 4. The maximum Gasteiger partial charge on any atom is 0.134 e. The zero-order valence-corrected chi connectivity index (χ0v) is 9.92. The smallest absolute Gasteiger partial charge is 0.134 e. The summed E-state index contributed by atoms with van der Waals surface area (Å²) in [7, 11) is 0. The van der Waals surface area contributed by atoms with Crippen molar-refractivity contribution in [3.05, 3.63) is 35.3 Å². The van der Waals surface area contributed by atoms with Crippen LogP contribution in [0.15, 0.2) is 22.6 Å². The quantitative estimate of drug-likeness (QED) is 0.875. The topological polar surface area (TPSA) is 25.2 Å².